The van der Waals surface area contributed by atoms with Crippen molar-refractivity contribution in [3.63, 3.8) is 0 Å². The van der Waals surface area contributed by atoms with Crippen LogP contribution in [-0.4, -0.2) is 12.6 Å². The minimum atomic E-state index is -0.807. The van der Waals surface area contributed by atoms with E-state index >= 15 is 0 Å². The maximum atomic E-state index is 13.8. The predicted molar refractivity (Wildman–Crippen MR) is 72.8 cm³/mol. The number of halogens is 2. The van der Waals surface area contributed by atoms with Crippen molar-refractivity contribution >= 4 is 0 Å². The molecule has 0 aliphatic heterocycles. The first-order chi connectivity index (χ1) is 9.22. The second kappa shape index (κ2) is 6.96. The van der Waals surface area contributed by atoms with Crippen LogP contribution in [0.2, 0.25) is 0 Å². The molecular formula is C15H22F2N2. The zero-order valence-electron chi connectivity index (χ0n) is 11.2. The summed E-state index contributed by atoms with van der Waals surface area (Å²) in [7, 11) is 0. The summed E-state index contributed by atoms with van der Waals surface area (Å²) in [4.78, 5) is 0. The Labute approximate surface area is 113 Å². The molecule has 1 saturated carbocycles. The van der Waals surface area contributed by atoms with Crippen LogP contribution in [0.1, 0.15) is 50.1 Å². The second-order valence-corrected chi connectivity index (χ2v) is 5.29. The summed E-state index contributed by atoms with van der Waals surface area (Å²) in [5.74, 6) is -1.59. The average Bonchev–Trinajstić information content (AvgIpc) is 2.68. The van der Waals surface area contributed by atoms with E-state index in [1.54, 1.807) is 6.07 Å². The quantitative estimate of drug-likeness (QED) is 0.822. The van der Waals surface area contributed by atoms with Gasteiger partial charge in [-0.05, 0) is 18.9 Å². The van der Waals surface area contributed by atoms with Crippen molar-refractivity contribution in [2.24, 2.45) is 5.73 Å². The number of nitrogens with one attached hydrogen (secondary N) is 1. The van der Waals surface area contributed by atoms with E-state index in [-0.39, 0.29) is 12.6 Å². The van der Waals surface area contributed by atoms with Crippen LogP contribution in [0, 0.1) is 11.6 Å². The summed E-state index contributed by atoms with van der Waals surface area (Å²) in [6, 6.07) is 4.33. The van der Waals surface area contributed by atoms with E-state index in [2.05, 4.69) is 5.32 Å². The first kappa shape index (κ1) is 14.4. The van der Waals surface area contributed by atoms with Gasteiger partial charge >= 0.3 is 0 Å². The molecule has 19 heavy (non-hydrogen) atoms. The van der Waals surface area contributed by atoms with Crippen LogP contribution in [0.15, 0.2) is 18.2 Å². The van der Waals surface area contributed by atoms with Crippen LogP contribution in [0.4, 0.5) is 8.78 Å². The van der Waals surface area contributed by atoms with E-state index in [1.165, 1.54) is 31.7 Å². The summed E-state index contributed by atoms with van der Waals surface area (Å²) >= 11 is 0. The Morgan fingerprint density at radius 1 is 1.16 bits per heavy atom. The molecule has 1 aromatic rings. The lowest BCUT2D eigenvalue weighted by Gasteiger charge is -2.24. The summed E-state index contributed by atoms with van der Waals surface area (Å²) < 4.78 is 27.1. The maximum absolute atomic E-state index is 13.8. The molecule has 0 heterocycles. The third-order valence-electron chi connectivity index (χ3n) is 3.88. The number of hydrogen-bond donors (Lipinski definition) is 2. The number of rotatable bonds is 4. The van der Waals surface area contributed by atoms with Gasteiger partial charge in [0.2, 0.25) is 0 Å². The fourth-order valence-corrected chi connectivity index (χ4v) is 2.80. The molecule has 1 atom stereocenters. The van der Waals surface area contributed by atoms with Crippen LogP contribution in [0.5, 0.6) is 0 Å². The standard InChI is InChI=1S/C15H22F2N2/c16-13-9-5-8-12(15(13)17)14(10-18)19-11-6-3-1-2-4-7-11/h5,8-9,11,14,19H,1-4,6-7,10,18H2. The number of nitrogens with two attached hydrogens (primary N) is 1. The van der Waals surface area contributed by atoms with Gasteiger partial charge in [0.25, 0.3) is 0 Å². The van der Waals surface area contributed by atoms with Crippen molar-refractivity contribution in [2.75, 3.05) is 6.54 Å². The highest BCUT2D eigenvalue weighted by atomic mass is 19.2. The van der Waals surface area contributed by atoms with Crippen LogP contribution in [-0.2, 0) is 0 Å². The van der Waals surface area contributed by atoms with Gasteiger partial charge < -0.3 is 11.1 Å². The van der Waals surface area contributed by atoms with Gasteiger partial charge in [-0.3, -0.25) is 0 Å². The molecule has 0 spiro atoms. The molecule has 0 bridgehead atoms. The first-order valence-electron chi connectivity index (χ1n) is 7.12. The van der Waals surface area contributed by atoms with Crippen molar-refractivity contribution < 1.29 is 8.78 Å². The Kier molecular flexibility index (Phi) is 5.28. The smallest absolute Gasteiger partial charge is 0.163 e. The maximum Gasteiger partial charge on any atom is 0.163 e. The second-order valence-electron chi connectivity index (χ2n) is 5.29. The lowest BCUT2D eigenvalue weighted by molar-refractivity contribution is 0.388. The molecule has 2 nitrogen and oxygen atoms in total. The molecule has 1 fully saturated rings. The molecule has 1 aliphatic carbocycles. The molecule has 1 unspecified atom stereocenters. The Bertz CT molecular complexity index is 401. The lowest BCUT2D eigenvalue weighted by Crippen LogP contribution is -2.37. The lowest BCUT2D eigenvalue weighted by atomic mass is 10.0. The third kappa shape index (κ3) is 3.74. The van der Waals surface area contributed by atoms with Crippen LogP contribution < -0.4 is 11.1 Å². The van der Waals surface area contributed by atoms with E-state index in [0.717, 1.165) is 18.9 Å². The van der Waals surface area contributed by atoms with E-state index in [0.29, 0.717) is 11.6 Å². The highest BCUT2D eigenvalue weighted by molar-refractivity contribution is 5.23. The third-order valence-corrected chi connectivity index (χ3v) is 3.88. The molecule has 0 radical (unpaired) electrons. The Morgan fingerprint density at radius 3 is 2.47 bits per heavy atom. The highest BCUT2D eigenvalue weighted by Crippen LogP contribution is 2.23. The fraction of sp³-hybridized carbons (Fsp3) is 0.600. The van der Waals surface area contributed by atoms with E-state index in [1.807, 2.05) is 0 Å². The van der Waals surface area contributed by atoms with E-state index in [9.17, 15) is 8.78 Å². The van der Waals surface area contributed by atoms with Crippen molar-refractivity contribution in [1.29, 1.82) is 0 Å². The van der Waals surface area contributed by atoms with Crippen molar-refractivity contribution in [3.05, 3.63) is 35.4 Å². The van der Waals surface area contributed by atoms with Gasteiger partial charge in [0.05, 0.1) is 0 Å². The molecular weight excluding hydrogens is 246 g/mol. The van der Waals surface area contributed by atoms with Gasteiger partial charge in [-0.1, -0.05) is 37.8 Å². The summed E-state index contributed by atoms with van der Waals surface area (Å²) in [5, 5.41) is 3.40. The minimum Gasteiger partial charge on any atom is -0.329 e. The van der Waals surface area contributed by atoms with Crippen LogP contribution >= 0.6 is 0 Å². The van der Waals surface area contributed by atoms with Crippen molar-refractivity contribution in [1.82, 2.24) is 5.32 Å². The largest absolute Gasteiger partial charge is 0.329 e. The molecule has 0 saturated heterocycles. The number of benzene rings is 1. The van der Waals surface area contributed by atoms with E-state index in [4.69, 9.17) is 5.73 Å². The van der Waals surface area contributed by atoms with Gasteiger partial charge in [0, 0.05) is 24.2 Å². The molecule has 4 heteroatoms. The molecule has 106 valence electrons. The van der Waals surface area contributed by atoms with Gasteiger partial charge in [-0.25, -0.2) is 8.78 Å². The van der Waals surface area contributed by atoms with Gasteiger partial charge in [-0.15, -0.1) is 0 Å². The van der Waals surface area contributed by atoms with Gasteiger partial charge in [-0.2, -0.15) is 0 Å². The fourth-order valence-electron chi connectivity index (χ4n) is 2.80. The summed E-state index contributed by atoms with van der Waals surface area (Å²) in [6.07, 6.45) is 7.10. The molecule has 0 amide bonds. The Morgan fingerprint density at radius 2 is 1.84 bits per heavy atom. The normalized spacial score (nSPS) is 19.1. The molecule has 2 rings (SSSR count). The van der Waals surface area contributed by atoms with Crippen LogP contribution in [0.3, 0.4) is 0 Å². The van der Waals surface area contributed by atoms with Crippen molar-refractivity contribution in [2.45, 2.75) is 50.6 Å². The zero-order chi connectivity index (χ0) is 13.7. The first-order valence-corrected chi connectivity index (χ1v) is 7.12. The highest BCUT2D eigenvalue weighted by Gasteiger charge is 2.21. The minimum absolute atomic E-state index is 0.275. The Hall–Kier alpha value is -1.00. The molecule has 1 aliphatic rings. The topological polar surface area (TPSA) is 38.0 Å². The van der Waals surface area contributed by atoms with Gasteiger partial charge in [0.1, 0.15) is 0 Å². The SMILES string of the molecule is NCC(NC1CCCCCC1)c1cccc(F)c1F. The molecule has 0 aromatic heterocycles. The molecule has 3 N–H and O–H groups in total. The summed E-state index contributed by atoms with van der Waals surface area (Å²) in [5.41, 5.74) is 6.07. The summed E-state index contributed by atoms with van der Waals surface area (Å²) in [6.45, 7) is 0.275. The monoisotopic (exact) mass is 268 g/mol. The average molecular weight is 268 g/mol. The zero-order valence-corrected chi connectivity index (χ0v) is 11.2. The van der Waals surface area contributed by atoms with Gasteiger partial charge in [0.15, 0.2) is 11.6 Å². The van der Waals surface area contributed by atoms with E-state index < -0.39 is 11.6 Å². The van der Waals surface area contributed by atoms with Crippen molar-refractivity contribution in [3.8, 4) is 0 Å². The Balaban J connectivity index is 2.08. The predicted octanol–water partition coefficient (Wildman–Crippen LogP) is 3.28. The number of hydrogen-bond acceptors (Lipinski definition) is 2. The van der Waals surface area contributed by atoms with Crippen LogP contribution in [0.25, 0.3) is 0 Å². The molecule has 1 aromatic carbocycles.